The van der Waals surface area contributed by atoms with E-state index in [1.165, 1.54) is 0 Å². The van der Waals surface area contributed by atoms with Crippen molar-refractivity contribution in [2.75, 3.05) is 13.2 Å². The van der Waals surface area contributed by atoms with Crippen molar-refractivity contribution in [3.8, 4) is 0 Å². The van der Waals surface area contributed by atoms with Crippen molar-refractivity contribution in [1.29, 1.82) is 0 Å². The second-order valence-electron chi connectivity index (χ2n) is 5.53. The van der Waals surface area contributed by atoms with Gasteiger partial charge in [-0.15, -0.1) is 0 Å². The highest BCUT2D eigenvalue weighted by Gasteiger charge is 2.36. The minimum absolute atomic E-state index is 0.0828. The average Bonchev–Trinajstić information content (AvgIpc) is 2.47. The van der Waals surface area contributed by atoms with E-state index in [-0.39, 0.29) is 12.1 Å². The van der Waals surface area contributed by atoms with E-state index in [2.05, 4.69) is 0 Å². The summed E-state index contributed by atoms with van der Waals surface area (Å²) in [6.45, 7) is 6.89. The lowest BCUT2D eigenvalue weighted by molar-refractivity contribution is -0.0230. The number of rotatable bonds is 4. The van der Waals surface area contributed by atoms with Gasteiger partial charge in [0.05, 0.1) is 17.6 Å². The third-order valence-corrected chi connectivity index (χ3v) is 6.15. The first-order valence-electron chi connectivity index (χ1n) is 7.33. The second kappa shape index (κ2) is 6.44. The summed E-state index contributed by atoms with van der Waals surface area (Å²) in [5.74, 6) is 0. The zero-order chi connectivity index (χ0) is 15.6. The Morgan fingerprint density at radius 3 is 2.76 bits per heavy atom. The Morgan fingerprint density at radius 1 is 1.43 bits per heavy atom. The molecule has 21 heavy (non-hydrogen) atoms. The van der Waals surface area contributed by atoms with Gasteiger partial charge in [-0.25, -0.2) is 8.42 Å². The lowest BCUT2D eigenvalue weighted by atomic mass is 10.1. The molecule has 118 valence electrons. The van der Waals surface area contributed by atoms with Crippen molar-refractivity contribution < 1.29 is 13.2 Å². The van der Waals surface area contributed by atoms with Crippen LogP contribution in [-0.2, 0) is 21.3 Å². The normalized spacial score (nSPS) is 24.2. The van der Waals surface area contributed by atoms with E-state index in [1.54, 1.807) is 16.4 Å². The predicted octanol–water partition coefficient (Wildman–Crippen LogP) is 1.64. The van der Waals surface area contributed by atoms with E-state index in [0.29, 0.717) is 24.6 Å². The summed E-state index contributed by atoms with van der Waals surface area (Å²) >= 11 is 0. The third kappa shape index (κ3) is 3.13. The highest BCUT2D eigenvalue weighted by atomic mass is 32.2. The van der Waals surface area contributed by atoms with Gasteiger partial charge in [0.25, 0.3) is 0 Å². The highest BCUT2D eigenvalue weighted by molar-refractivity contribution is 7.89. The molecule has 0 spiro atoms. The van der Waals surface area contributed by atoms with Gasteiger partial charge in [0.2, 0.25) is 10.0 Å². The van der Waals surface area contributed by atoms with Gasteiger partial charge in [-0.3, -0.25) is 0 Å². The van der Waals surface area contributed by atoms with Gasteiger partial charge in [-0.2, -0.15) is 4.31 Å². The lowest BCUT2D eigenvalue weighted by Gasteiger charge is -2.37. The molecular formula is C15H24N2O3S. The maximum Gasteiger partial charge on any atom is 0.243 e. The highest BCUT2D eigenvalue weighted by Crippen LogP contribution is 2.27. The van der Waals surface area contributed by atoms with Crippen LogP contribution in [0, 0.1) is 6.92 Å². The molecule has 1 aliphatic heterocycles. The number of hydrogen-bond donors (Lipinski definition) is 1. The van der Waals surface area contributed by atoms with E-state index in [0.717, 1.165) is 17.5 Å². The maximum atomic E-state index is 13.0. The molecule has 1 aromatic carbocycles. The Kier molecular flexibility index (Phi) is 5.03. The second-order valence-corrected chi connectivity index (χ2v) is 7.38. The van der Waals surface area contributed by atoms with Crippen molar-refractivity contribution in [3.63, 3.8) is 0 Å². The molecule has 0 radical (unpaired) electrons. The van der Waals surface area contributed by atoms with Crippen LogP contribution in [0.3, 0.4) is 0 Å². The zero-order valence-corrected chi connectivity index (χ0v) is 13.7. The molecule has 0 aromatic heterocycles. The van der Waals surface area contributed by atoms with Crippen molar-refractivity contribution in [1.82, 2.24) is 4.31 Å². The molecule has 0 amide bonds. The Hall–Kier alpha value is -0.950. The Morgan fingerprint density at radius 2 is 2.14 bits per heavy atom. The number of nitrogens with two attached hydrogens (primary N) is 1. The fraction of sp³-hybridized carbons (Fsp3) is 0.600. The van der Waals surface area contributed by atoms with Crippen molar-refractivity contribution in [2.24, 2.45) is 5.73 Å². The van der Waals surface area contributed by atoms with E-state index in [1.807, 2.05) is 26.8 Å². The molecule has 6 heteroatoms. The largest absolute Gasteiger partial charge is 0.375 e. The van der Waals surface area contributed by atoms with Gasteiger partial charge >= 0.3 is 0 Å². The first-order valence-corrected chi connectivity index (χ1v) is 8.77. The molecule has 1 aliphatic rings. The maximum absolute atomic E-state index is 13.0. The van der Waals surface area contributed by atoms with Gasteiger partial charge in [0.15, 0.2) is 0 Å². The number of nitrogens with zero attached hydrogens (tertiary/aromatic N) is 1. The molecule has 1 fully saturated rings. The van der Waals surface area contributed by atoms with Crippen LogP contribution in [0.15, 0.2) is 23.1 Å². The average molecular weight is 312 g/mol. The van der Waals surface area contributed by atoms with Gasteiger partial charge < -0.3 is 10.5 Å². The van der Waals surface area contributed by atoms with Crippen LogP contribution in [0.1, 0.15) is 31.4 Å². The van der Waals surface area contributed by atoms with Crippen LogP contribution in [0.4, 0.5) is 0 Å². The molecule has 0 bridgehead atoms. The van der Waals surface area contributed by atoms with Gasteiger partial charge in [0.1, 0.15) is 0 Å². The van der Waals surface area contributed by atoms with Gasteiger partial charge in [0, 0.05) is 19.1 Å². The van der Waals surface area contributed by atoms with E-state index in [4.69, 9.17) is 10.5 Å². The predicted molar refractivity (Wildman–Crippen MR) is 82.5 cm³/mol. The van der Waals surface area contributed by atoms with Crippen LogP contribution in [0.25, 0.3) is 0 Å². The van der Waals surface area contributed by atoms with E-state index >= 15 is 0 Å². The number of sulfonamides is 1. The summed E-state index contributed by atoms with van der Waals surface area (Å²) in [6, 6.07) is 5.18. The van der Waals surface area contributed by atoms with Gasteiger partial charge in [-0.05, 0) is 37.5 Å². The van der Waals surface area contributed by atoms with Crippen LogP contribution in [0.2, 0.25) is 0 Å². The summed E-state index contributed by atoms with van der Waals surface area (Å²) < 4.78 is 33.2. The standard InChI is InChI=1S/C15H24N2O3S/c1-4-14-10-20-11(2)9-17(14)21(18,19)15-7-5-6-13(8-16)12(15)3/h5-7,11,14H,4,8-10,16H2,1-3H3. The summed E-state index contributed by atoms with van der Waals surface area (Å²) in [4.78, 5) is 0.359. The van der Waals surface area contributed by atoms with Crippen LogP contribution in [0.5, 0.6) is 0 Å². The number of hydrogen-bond acceptors (Lipinski definition) is 4. The summed E-state index contributed by atoms with van der Waals surface area (Å²) in [5.41, 5.74) is 7.30. The van der Waals surface area contributed by atoms with Crippen LogP contribution >= 0.6 is 0 Å². The molecule has 5 nitrogen and oxygen atoms in total. The van der Waals surface area contributed by atoms with Crippen LogP contribution < -0.4 is 5.73 Å². The van der Waals surface area contributed by atoms with E-state index < -0.39 is 10.0 Å². The monoisotopic (exact) mass is 312 g/mol. The number of benzene rings is 1. The topological polar surface area (TPSA) is 72.6 Å². The number of ether oxygens (including phenoxy) is 1. The smallest absolute Gasteiger partial charge is 0.243 e. The molecule has 1 aromatic rings. The zero-order valence-electron chi connectivity index (χ0n) is 12.9. The fourth-order valence-electron chi connectivity index (χ4n) is 2.72. The summed E-state index contributed by atoms with van der Waals surface area (Å²) in [7, 11) is -3.52. The summed E-state index contributed by atoms with van der Waals surface area (Å²) in [5, 5.41) is 0. The molecule has 2 N–H and O–H groups in total. The molecule has 2 unspecified atom stereocenters. The van der Waals surface area contributed by atoms with Crippen molar-refractivity contribution in [3.05, 3.63) is 29.3 Å². The minimum Gasteiger partial charge on any atom is -0.375 e. The van der Waals surface area contributed by atoms with E-state index in [9.17, 15) is 8.42 Å². The summed E-state index contributed by atoms with van der Waals surface area (Å²) in [6.07, 6.45) is 0.655. The quantitative estimate of drug-likeness (QED) is 0.917. The van der Waals surface area contributed by atoms with Crippen LogP contribution in [-0.4, -0.2) is 38.0 Å². The van der Waals surface area contributed by atoms with Crippen molar-refractivity contribution in [2.45, 2.75) is 50.8 Å². The minimum atomic E-state index is -3.52. The Labute approximate surface area is 127 Å². The first-order chi connectivity index (χ1) is 9.91. The molecule has 1 saturated heterocycles. The molecule has 2 rings (SSSR count). The SMILES string of the molecule is CCC1COC(C)CN1S(=O)(=O)c1cccc(CN)c1C. The van der Waals surface area contributed by atoms with Crippen molar-refractivity contribution >= 4 is 10.0 Å². The molecule has 0 saturated carbocycles. The Balaban J connectivity index is 2.45. The molecular weight excluding hydrogens is 288 g/mol. The van der Waals surface area contributed by atoms with Gasteiger partial charge in [-0.1, -0.05) is 19.1 Å². The number of morpholine rings is 1. The fourth-order valence-corrected chi connectivity index (χ4v) is 4.75. The molecule has 1 heterocycles. The Bertz CT molecular complexity index is 601. The lowest BCUT2D eigenvalue weighted by Crippen LogP contribution is -2.51. The molecule has 2 atom stereocenters. The third-order valence-electron chi connectivity index (χ3n) is 4.09. The molecule has 0 aliphatic carbocycles. The first kappa shape index (κ1) is 16.4.